The summed E-state index contributed by atoms with van der Waals surface area (Å²) < 4.78 is 37.9. The van der Waals surface area contributed by atoms with Crippen LogP contribution in [0.3, 0.4) is 0 Å². The Hall–Kier alpha value is -2.16. The zero-order chi connectivity index (χ0) is 21.1. The van der Waals surface area contributed by atoms with E-state index in [1.807, 2.05) is 6.07 Å². The van der Waals surface area contributed by atoms with E-state index < -0.39 is 16.0 Å². The van der Waals surface area contributed by atoms with Gasteiger partial charge in [0.15, 0.2) is 0 Å². The molecule has 0 saturated carbocycles. The van der Waals surface area contributed by atoms with Crippen molar-refractivity contribution in [2.75, 3.05) is 25.3 Å². The lowest BCUT2D eigenvalue weighted by molar-refractivity contribution is 0.0607. The zero-order valence-corrected chi connectivity index (χ0v) is 18.3. The third kappa shape index (κ3) is 4.29. The van der Waals surface area contributed by atoms with Crippen molar-refractivity contribution in [1.82, 2.24) is 0 Å². The van der Waals surface area contributed by atoms with Crippen molar-refractivity contribution in [1.29, 1.82) is 0 Å². The molecule has 0 saturated heterocycles. The molecule has 1 aromatic heterocycles. The highest BCUT2D eigenvalue weighted by Gasteiger charge is 2.31. The van der Waals surface area contributed by atoms with E-state index in [0.29, 0.717) is 5.56 Å². The Morgan fingerprint density at radius 2 is 1.93 bits per heavy atom. The van der Waals surface area contributed by atoms with Crippen molar-refractivity contribution in [3.8, 4) is 0 Å². The Kier molecular flexibility index (Phi) is 6.69. The lowest BCUT2D eigenvalue weighted by Gasteiger charge is -2.26. The number of anilines is 1. The van der Waals surface area contributed by atoms with Crippen LogP contribution in [0.25, 0.3) is 6.08 Å². The SMILES string of the molecule is C=Cc1cc(C(C)(C)C)ccc1S(=O)(=O)N(COC)c1ccsc1C(=O)OC. The summed E-state index contributed by atoms with van der Waals surface area (Å²) in [6.45, 7) is 9.67. The number of thiophene rings is 1. The molecule has 6 nitrogen and oxygen atoms in total. The highest BCUT2D eigenvalue weighted by Crippen LogP contribution is 2.34. The predicted octanol–water partition coefficient (Wildman–Crippen LogP) is 4.27. The summed E-state index contributed by atoms with van der Waals surface area (Å²) in [5.41, 5.74) is 1.56. The minimum Gasteiger partial charge on any atom is -0.465 e. The van der Waals surface area contributed by atoms with Crippen LogP contribution in [0.5, 0.6) is 0 Å². The number of carbonyl (C=O) groups excluding carboxylic acids is 1. The molecule has 0 radical (unpaired) electrons. The Morgan fingerprint density at radius 3 is 2.46 bits per heavy atom. The topological polar surface area (TPSA) is 72.9 Å². The maximum Gasteiger partial charge on any atom is 0.350 e. The highest BCUT2D eigenvalue weighted by molar-refractivity contribution is 7.93. The molecular weight excluding hydrogens is 398 g/mol. The van der Waals surface area contributed by atoms with Gasteiger partial charge in [-0.15, -0.1) is 11.3 Å². The first-order valence-electron chi connectivity index (χ1n) is 8.52. The smallest absolute Gasteiger partial charge is 0.350 e. The van der Waals surface area contributed by atoms with Gasteiger partial charge in [0.2, 0.25) is 0 Å². The maximum absolute atomic E-state index is 13.5. The molecule has 28 heavy (non-hydrogen) atoms. The summed E-state index contributed by atoms with van der Waals surface area (Å²) in [6.07, 6.45) is 1.52. The second-order valence-electron chi connectivity index (χ2n) is 7.10. The Morgan fingerprint density at radius 1 is 1.25 bits per heavy atom. The van der Waals surface area contributed by atoms with Gasteiger partial charge in [0.05, 0.1) is 17.7 Å². The molecule has 8 heteroatoms. The van der Waals surface area contributed by atoms with Crippen LogP contribution in [0.1, 0.15) is 41.6 Å². The number of hydrogen-bond donors (Lipinski definition) is 0. The summed E-state index contributed by atoms with van der Waals surface area (Å²) in [5.74, 6) is -0.603. The first kappa shape index (κ1) is 22.1. The lowest BCUT2D eigenvalue weighted by Crippen LogP contribution is -2.34. The van der Waals surface area contributed by atoms with Crippen molar-refractivity contribution in [2.45, 2.75) is 31.1 Å². The number of hydrogen-bond acceptors (Lipinski definition) is 6. The van der Waals surface area contributed by atoms with Crippen LogP contribution in [0.15, 0.2) is 41.1 Å². The molecule has 152 valence electrons. The summed E-state index contributed by atoms with van der Waals surface area (Å²) in [4.78, 5) is 12.3. The Labute approximate surface area is 170 Å². The van der Waals surface area contributed by atoms with Gasteiger partial charge in [-0.1, -0.05) is 39.5 Å². The van der Waals surface area contributed by atoms with Crippen LogP contribution in [-0.2, 0) is 24.9 Å². The highest BCUT2D eigenvalue weighted by atomic mass is 32.2. The first-order valence-corrected chi connectivity index (χ1v) is 10.8. The second-order valence-corrected chi connectivity index (χ2v) is 9.85. The zero-order valence-electron chi connectivity index (χ0n) is 16.7. The van der Waals surface area contributed by atoms with E-state index in [9.17, 15) is 13.2 Å². The number of carbonyl (C=O) groups is 1. The number of nitrogens with zero attached hydrogens (tertiary/aromatic N) is 1. The van der Waals surface area contributed by atoms with E-state index in [1.54, 1.807) is 23.6 Å². The van der Waals surface area contributed by atoms with Gasteiger partial charge in [0.25, 0.3) is 10.0 Å². The lowest BCUT2D eigenvalue weighted by atomic mass is 9.86. The summed E-state index contributed by atoms with van der Waals surface area (Å²) in [7, 11) is -1.37. The van der Waals surface area contributed by atoms with Gasteiger partial charge >= 0.3 is 5.97 Å². The molecule has 1 aromatic carbocycles. The van der Waals surface area contributed by atoms with Gasteiger partial charge in [-0.05, 0) is 40.1 Å². The number of rotatable bonds is 7. The fourth-order valence-electron chi connectivity index (χ4n) is 2.66. The number of benzene rings is 1. The molecule has 0 unspecified atom stereocenters. The molecule has 2 aromatic rings. The van der Waals surface area contributed by atoms with Crippen LogP contribution < -0.4 is 4.31 Å². The van der Waals surface area contributed by atoms with Crippen molar-refractivity contribution in [2.24, 2.45) is 0 Å². The van der Waals surface area contributed by atoms with Gasteiger partial charge in [0.1, 0.15) is 11.6 Å². The fraction of sp³-hybridized carbons (Fsp3) is 0.350. The number of sulfonamides is 1. The second kappa shape index (κ2) is 8.46. The molecule has 0 N–H and O–H groups in total. The van der Waals surface area contributed by atoms with Crippen LogP contribution in [-0.4, -0.2) is 35.3 Å². The number of esters is 1. The van der Waals surface area contributed by atoms with E-state index in [4.69, 9.17) is 9.47 Å². The van der Waals surface area contributed by atoms with Crippen molar-refractivity contribution < 1.29 is 22.7 Å². The van der Waals surface area contributed by atoms with Crippen LogP contribution in [0.4, 0.5) is 5.69 Å². The summed E-state index contributed by atoms with van der Waals surface area (Å²) >= 11 is 1.11. The third-order valence-corrected chi connectivity index (χ3v) is 6.89. The van der Waals surface area contributed by atoms with E-state index in [-0.39, 0.29) is 27.6 Å². The van der Waals surface area contributed by atoms with Crippen LogP contribution in [0.2, 0.25) is 0 Å². The molecule has 0 aliphatic carbocycles. The molecule has 0 spiro atoms. The largest absolute Gasteiger partial charge is 0.465 e. The molecule has 0 aliphatic rings. The van der Waals surface area contributed by atoms with Crippen LogP contribution >= 0.6 is 11.3 Å². The number of ether oxygens (including phenoxy) is 2. The number of methoxy groups -OCH3 is 2. The molecular formula is C20H25NO5S2. The first-order chi connectivity index (χ1) is 13.1. The van der Waals surface area contributed by atoms with Crippen molar-refractivity contribution >= 4 is 39.1 Å². The maximum atomic E-state index is 13.5. The van der Waals surface area contributed by atoms with E-state index >= 15 is 0 Å². The molecule has 0 amide bonds. The van der Waals surface area contributed by atoms with E-state index in [1.165, 1.54) is 20.3 Å². The molecule has 1 heterocycles. The quantitative estimate of drug-likeness (QED) is 0.491. The third-order valence-electron chi connectivity index (χ3n) is 4.19. The Balaban J connectivity index is 2.64. The van der Waals surface area contributed by atoms with Gasteiger partial charge in [-0.2, -0.15) is 0 Å². The summed E-state index contributed by atoms with van der Waals surface area (Å²) in [5, 5.41) is 1.64. The standard InChI is InChI=1S/C20H25NO5S2/c1-7-14-12-15(20(2,3)4)8-9-17(14)28(23,24)21(13-25-5)16-10-11-27-18(16)19(22)26-6/h7-12H,1,13H2,2-6H3. The average Bonchev–Trinajstić information content (AvgIpc) is 3.13. The predicted molar refractivity (Wildman–Crippen MR) is 112 cm³/mol. The molecule has 0 bridgehead atoms. The Bertz CT molecular complexity index is 971. The van der Waals surface area contributed by atoms with Gasteiger partial charge in [0, 0.05) is 7.11 Å². The monoisotopic (exact) mass is 423 g/mol. The minimum atomic E-state index is -4.02. The molecule has 0 aliphatic heterocycles. The van der Waals surface area contributed by atoms with Gasteiger partial charge in [-0.25, -0.2) is 17.5 Å². The van der Waals surface area contributed by atoms with Crippen molar-refractivity contribution in [3.63, 3.8) is 0 Å². The molecule has 2 rings (SSSR count). The van der Waals surface area contributed by atoms with E-state index in [0.717, 1.165) is 21.2 Å². The minimum absolute atomic E-state index is 0.0922. The molecule has 0 atom stereocenters. The normalized spacial score (nSPS) is 11.9. The van der Waals surface area contributed by atoms with Crippen molar-refractivity contribution in [3.05, 3.63) is 52.2 Å². The van der Waals surface area contributed by atoms with Crippen LogP contribution in [0, 0.1) is 0 Å². The van der Waals surface area contributed by atoms with Gasteiger partial charge < -0.3 is 9.47 Å². The summed E-state index contributed by atoms with van der Waals surface area (Å²) in [6, 6.07) is 6.74. The van der Waals surface area contributed by atoms with Gasteiger partial charge in [-0.3, -0.25) is 0 Å². The fourth-order valence-corrected chi connectivity index (χ4v) is 5.10. The van der Waals surface area contributed by atoms with E-state index in [2.05, 4.69) is 27.4 Å². The molecule has 0 fully saturated rings. The average molecular weight is 424 g/mol.